The molecule has 0 fully saturated rings. The van der Waals surface area contributed by atoms with E-state index in [0.717, 1.165) is 63.0 Å². The van der Waals surface area contributed by atoms with Gasteiger partial charge in [-0.05, 0) is 77.5 Å². The van der Waals surface area contributed by atoms with Crippen molar-refractivity contribution in [3.63, 3.8) is 0 Å². The van der Waals surface area contributed by atoms with E-state index in [0.29, 0.717) is 0 Å². The molecule has 0 radical (unpaired) electrons. The number of rotatable bonds is 3. The Labute approximate surface area is 243 Å². The highest BCUT2D eigenvalue weighted by Gasteiger charge is 2.40. The van der Waals surface area contributed by atoms with Crippen LogP contribution in [0, 0.1) is 6.92 Å². The van der Waals surface area contributed by atoms with Crippen LogP contribution in [0.15, 0.2) is 121 Å². The maximum atomic E-state index is 6.48. The number of fused-ring (bicyclic) bond motifs is 7. The highest BCUT2D eigenvalue weighted by molar-refractivity contribution is 6.98. The molecule has 0 atom stereocenters. The number of nitrogens with zero attached hydrogens (tertiary/aromatic N) is 2. The number of hydrogen-bond donors (Lipinski definition) is 0. The van der Waals surface area contributed by atoms with Crippen molar-refractivity contribution in [3.05, 3.63) is 138 Å². The molecule has 0 aliphatic carbocycles. The predicted octanol–water partition coefficient (Wildman–Crippen LogP) is 6.81. The monoisotopic (exact) mass is 540 g/mol. The molecule has 2 aliphatic rings. The second-order valence-electron chi connectivity index (χ2n) is 11.3. The third-order valence-electron chi connectivity index (χ3n) is 8.58. The van der Waals surface area contributed by atoms with Gasteiger partial charge >= 0.3 is 0 Å². The molecule has 4 heterocycles. The first-order valence-electron chi connectivity index (χ1n) is 14.4. The van der Waals surface area contributed by atoms with E-state index in [2.05, 4.69) is 127 Å². The number of para-hydroxylation sites is 3. The smallest absolute Gasteiger partial charge is 0.260 e. The van der Waals surface area contributed by atoms with E-state index in [1.165, 1.54) is 27.3 Å². The van der Waals surface area contributed by atoms with Gasteiger partial charge in [0.25, 0.3) is 6.71 Å². The molecule has 5 aromatic carbocycles. The fraction of sp³-hybridized carbons (Fsp3) is 0.0541. The van der Waals surface area contributed by atoms with Gasteiger partial charge in [-0.25, -0.2) is 4.98 Å². The van der Waals surface area contributed by atoms with E-state index in [1.807, 2.05) is 6.07 Å². The van der Waals surface area contributed by atoms with Crippen LogP contribution < -0.4 is 25.9 Å². The predicted molar refractivity (Wildman–Crippen MR) is 170 cm³/mol. The number of pyridine rings is 1. The largest absolute Gasteiger partial charge is 0.458 e. The summed E-state index contributed by atoms with van der Waals surface area (Å²) >= 11 is 0. The Balaban J connectivity index is 1.14. The van der Waals surface area contributed by atoms with Crippen molar-refractivity contribution in [2.45, 2.75) is 13.3 Å². The first kappa shape index (κ1) is 23.4. The van der Waals surface area contributed by atoms with Crippen molar-refractivity contribution in [3.8, 4) is 28.8 Å². The van der Waals surface area contributed by atoms with Gasteiger partial charge in [-0.2, -0.15) is 0 Å². The van der Waals surface area contributed by atoms with Crippen LogP contribution in [0.2, 0.25) is 0 Å². The summed E-state index contributed by atoms with van der Waals surface area (Å²) in [6.07, 6.45) is 0.719. The van der Waals surface area contributed by atoms with Crippen LogP contribution in [0.4, 0.5) is 0 Å². The van der Waals surface area contributed by atoms with E-state index in [1.54, 1.807) is 0 Å². The molecule has 9 rings (SSSR count). The van der Waals surface area contributed by atoms with E-state index < -0.39 is 0 Å². The quantitative estimate of drug-likeness (QED) is 0.231. The third-order valence-corrected chi connectivity index (χ3v) is 8.58. The molecule has 2 aliphatic heterocycles. The second-order valence-corrected chi connectivity index (χ2v) is 11.3. The van der Waals surface area contributed by atoms with Gasteiger partial charge in [0.05, 0.1) is 11.0 Å². The molecule has 42 heavy (non-hydrogen) atoms. The molecule has 198 valence electrons. The number of hydrogen-bond acceptors (Lipinski definition) is 3. The van der Waals surface area contributed by atoms with E-state index in [-0.39, 0.29) is 6.71 Å². The van der Waals surface area contributed by atoms with Gasteiger partial charge in [0.2, 0.25) is 0 Å². The SMILES string of the molecule is Cc1cc2c3c(c1)Oc1ccc(Cc4cccc(-n5c6ccccc6c6ccccc65)n4)cc1B3c1ccccc1O2. The Morgan fingerprint density at radius 2 is 1.29 bits per heavy atom. The van der Waals surface area contributed by atoms with Crippen molar-refractivity contribution in [2.75, 3.05) is 0 Å². The summed E-state index contributed by atoms with van der Waals surface area (Å²) in [5.74, 6) is 4.50. The zero-order chi connectivity index (χ0) is 27.8. The molecule has 0 N–H and O–H groups in total. The van der Waals surface area contributed by atoms with Crippen LogP contribution in [0.5, 0.6) is 23.0 Å². The van der Waals surface area contributed by atoms with Gasteiger partial charge in [0.1, 0.15) is 28.8 Å². The minimum atomic E-state index is 0.0566. The number of aromatic nitrogens is 2. The summed E-state index contributed by atoms with van der Waals surface area (Å²) in [6.45, 7) is 2.14. The molecule has 0 saturated heterocycles. The Morgan fingerprint density at radius 3 is 2.05 bits per heavy atom. The highest BCUT2D eigenvalue weighted by Crippen LogP contribution is 2.36. The Kier molecular flexibility index (Phi) is 4.94. The first-order chi connectivity index (χ1) is 20.7. The average Bonchev–Trinajstić information content (AvgIpc) is 3.35. The molecule has 0 unspecified atom stereocenters. The summed E-state index contributed by atoms with van der Waals surface area (Å²) in [6, 6.07) is 42.6. The van der Waals surface area contributed by atoms with Gasteiger partial charge in [-0.3, -0.25) is 4.57 Å². The zero-order valence-corrected chi connectivity index (χ0v) is 23.0. The van der Waals surface area contributed by atoms with Crippen LogP contribution in [0.1, 0.15) is 16.8 Å². The van der Waals surface area contributed by atoms with Crippen molar-refractivity contribution >= 4 is 44.9 Å². The molecule has 0 bridgehead atoms. The molecule has 0 spiro atoms. The molecule has 0 saturated carbocycles. The fourth-order valence-electron chi connectivity index (χ4n) is 6.81. The standard InChI is InChI=1S/C37H25BN2O2/c1-23-19-34-37-35(20-23)42-33-18-17-24(22-29(33)38(37)28-12-4-7-15-32(28)41-34)21-25-9-8-16-36(39-25)40-30-13-5-2-10-26(30)27-11-3-6-14-31(27)40/h2-20,22H,21H2,1H3. The lowest BCUT2D eigenvalue weighted by atomic mass is 9.34. The van der Waals surface area contributed by atoms with Crippen molar-refractivity contribution < 1.29 is 9.47 Å². The molecule has 4 nitrogen and oxygen atoms in total. The van der Waals surface area contributed by atoms with Crippen LogP contribution in [-0.4, -0.2) is 16.3 Å². The van der Waals surface area contributed by atoms with E-state index in [9.17, 15) is 0 Å². The Bertz CT molecular complexity index is 2150. The summed E-state index contributed by atoms with van der Waals surface area (Å²) in [5, 5.41) is 2.48. The summed E-state index contributed by atoms with van der Waals surface area (Å²) in [5.41, 5.74) is 9.11. The summed E-state index contributed by atoms with van der Waals surface area (Å²) < 4.78 is 15.1. The Morgan fingerprint density at radius 1 is 0.619 bits per heavy atom. The minimum absolute atomic E-state index is 0.0566. The average molecular weight is 540 g/mol. The van der Waals surface area contributed by atoms with E-state index in [4.69, 9.17) is 14.5 Å². The normalized spacial score (nSPS) is 12.8. The lowest BCUT2D eigenvalue weighted by Gasteiger charge is -2.33. The van der Waals surface area contributed by atoms with Gasteiger partial charge in [-0.15, -0.1) is 0 Å². The van der Waals surface area contributed by atoms with Gasteiger partial charge < -0.3 is 9.47 Å². The van der Waals surface area contributed by atoms with Crippen LogP contribution in [-0.2, 0) is 6.42 Å². The minimum Gasteiger partial charge on any atom is -0.458 e. The van der Waals surface area contributed by atoms with Crippen LogP contribution >= 0.6 is 0 Å². The molecular formula is C37H25BN2O2. The van der Waals surface area contributed by atoms with Crippen molar-refractivity contribution in [1.82, 2.24) is 9.55 Å². The molecule has 7 aromatic rings. The van der Waals surface area contributed by atoms with Gasteiger partial charge in [-0.1, -0.05) is 72.8 Å². The molecular weight excluding hydrogens is 515 g/mol. The highest BCUT2D eigenvalue weighted by atomic mass is 16.5. The number of aryl methyl sites for hydroxylation is 1. The van der Waals surface area contributed by atoms with Gasteiger partial charge in [0, 0.05) is 28.4 Å². The third kappa shape index (κ3) is 3.47. The second kappa shape index (κ2) is 8.86. The van der Waals surface area contributed by atoms with Gasteiger partial charge in [0.15, 0.2) is 0 Å². The van der Waals surface area contributed by atoms with Crippen LogP contribution in [0.25, 0.3) is 27.6 Å². The number of ether oxygens (including phenoxy) is 2. The molecule has 0 amide bonds. The van der Waals surface area contributed by atoms with Crippen molar-refractivity contribution in [1.29, 1.82) is 0 Å². The maximum Gasteiger partial charge on any atom is 0.260 e. The number of benzene rings is 5. The first-order valence-corrected chi connectivity index (χ1v) is 14.4. The summed E-state index contributed by atoms with van der Waals surface area (Å²) in [4.78, 5) is 5.18. The lowest BCUT2D eigenvalue weighted by Crippen LogP contribution is -2.57. The van der Waals surface area contributed by atoms with Crippen molar-refractivity contribution in [2.24, 2.45) is 0 Å². The lowest BCUT2D eigenvalue weighted by molar-refractivity contribution is 0.463. The zero-order valence-electron chi connectivity index (χ0n) is 23.0. The topological polar surface area (TPSA) is 36.3 Å². The van der Waals surface area contributed by atoms with E-state index >= 15 is 0 Å². The summed E-state index contributed by atoms with van der Waals surface area (Å²) in [7, 11) is 0. The fourth-order valence-corrected chi connectivity index (χ4v) is 6.81. The Hall–Kier alpha value is -5.29. The molecule has 5 heteroatoms. The van der Waals surface area contributed by atoms with Crippen LogP contribution in [0.3, 0.4) is 0 Å². The maximum absolute atomic E-state index is 6.48. The molecule has 2 aromatic heterocycles.